The number of carbonyl (C=O) groups is 1. The Morgan fingerprint density at radius 1 is 1.57 bits per heavy atom. The zero-order chi connectivity index (χ0) is 15.6. The Bertz CT molecular complexity index is 601. The number of ether oxygens (including phenoxy) is 1. The Morgan fingerprint density at radius 2 is 2.29 bits per heavy atom. The van der Waals surface area contributed by atoms with E-state index in [0.29, 0.717) is 23.4 Å². The molecule has 0 aliphatic carbocycles. The summed E-state index contributed by atoms with van der Waals surface area (Å²) in [4.78, 5) is 29.7. The van der Waals surface area contributed by atoms with E-state index in [4.69, 9.17) is 4.74 Å². The molecule has 0 spiro atoms. The molecule has 0 N–H and O–H groups in total. The molecule has 2 rings (SSSR count). The molecule has 0 radical (unpaired) electrons. The molecule has 1 aromatic rings. The van der Waals surface area contributed by atoms with E-state index in [1.165, 1.54) is 18.9 Å². The van der Waals surface area contributed by atoms with Gasteiger partial charge in [-0.25, -0.2) is 4.98 Å². The van der Waals surface area contributed by atoms with Crippen molar-refractivity contribution in [1.82, 2.24) is 9.55 Å². The minimum absolute atomic E-state index is 0.0130. The molecule has 1 aliphatic rings. The van der Waals surface area contributed by atoms with Gasteiger partial charge >= 0.3 is 5.97 Å². The van der Waals surface area contributed by atoms with E-state index >= 15 is 0 Å². The molecular weight excluding hydrogens is 308 g/mol. The van der Waals surface area contributed by atoms with Gasteiger partial charge in [0.2, 0.25) is 0 Å². The van der Waals surface area contributed by atoms with Gasteiger partial charge in [-0.3, -0.25) is 14.2 Å². The predicted octanol–water partition coefficient (Wildman–Crippen LogP) is 2.34. The fraction of sp³-hybridized carbons (Fsp3) is 0.643. The van der Waals surface area contributed by atoms with Crippen molar-refractivity contribution >= 4 is 29.5 Å². The van der Waals surface area contributed by atoms with Gasteiger partial charge in [-0.05, 0) is 13.3 Å². The molecule has 2 heterocycles. The van der Waals surface area contributed by atoms with Crippen LogP contribution in [0.1, 0.15) is 32.9 Å². The number of aromatic nitrogens is 2. The fourth-order valence-electron chi connectivity index (χ4n) is 2.26. The minimum atomic E-state index is -0.329. The first-order chi connectivity index (χ1) is 10.0. The second kappa shape index (κ2) is 6.87. The molecule has 0 saturated carbocycles. The number of hydrogen-bond donors (Lipinski definition) is 0. The lowest BCUT2D eigenvalue weighted by molar-refractivity contribution is -0.140. The molecule has 0 saturated heterocycles. The average molecular weight is 328 g/mol. The van der Waals surface area contributed by atoms with E-state index in [1.807, 2.05) is 13.8 Å². The zero-order valence-corrected chi connectivity index (χ0v) is 14.3. The number of carbonyl (C=O) groups excluding carboxylic acids is 1. The molecule has 2 atom stereocenters. The van der Waals surface area contributed by atoms with Gasteiger partial charge < -0.3 is 4.74 Å². The fourth-order valence-corrected chi connectivity index (χ4v) is 4.49. The van der Waals surface area contributed by atoms with Crippen LogP contribution in [0.5, 0.6) is 0 Å². The molecule has 5 nitrogen and oxygen atoms in total. The van der Waals surface area contributed by atoms with Crippen LogP contribution < -0.4 is 5.56 Å². The highest BCUT2D eigenvalue weighted by molar-refractivity contribution is 8.00. The molecule has 116 valence electrons. The third kappa shape index (κ3) is 3.29. The lowest BCUT2D eigenvalue weighted by atomic mass is 10.2. The third-order valence-corrected chi connectivity index (χ3v) is 5.91. The van der Waals surface area contributed by atoms with Crippen molar-refractivity contribution in [3.8, 4) is 0 Å². The van der Waals surface area contributed by atoms with Crippen LogP contribution in [0.15, 0.2) is 14.8 Å². The lowest BCUT2D eigenvalue weighted by Crippen LogP contribution is -2.26. The smallest absolute Gasteiger partial charge is 0.319 e. The molecule has 0 fully saturated rings. The molecular formula is C14H20N2O3S2. The molecule has 1 aromatic heterocycles. The van der Waals surface area contributed by atoms with Crippen LogP contribution in [0.3, 0.4) is 0 Å². The lowest BCUT2D eigenvalue weighted by Gasteiger charge is -2.15. The summed E-state index contributed by atoms with van der Waals surface area (Å²) in [6.45, 7) is 6.49. The molecule has 0 bridgehead atoms. The topological polar surface area (TPSA) is 61.2 Å². The largest absolute Gasteiger partial charge is 0.468 e. The van der Waals surface area contributed by atoms with Gasteiger partial charge in [-0.1, -0.05) is 25.6 Å². The van der Waals surface area contributed by atoms with Gasteiger partial charge in [0.05, 0.1) is 17.7 Å². The average Bonchev–Trinajstić information content (AvgIpc) is 2.85. The van der Waals surface area contributed by atoms with Gasteiger partial charge in [-0.2, -0.15) is 0 Å². The number of methoxy groups -OCH3 is 1. The maximum atomic E-state index is 12.5. The summed E-state index contributed by atoms with van der Waals surface area (Å²) in [5.74, 6) is -0.275. The van der Waals surface area contributed by atoms with Crippen LogP contribution >= 0.6 is 23.5 Å². The van der Waals surface area contributed by atoms with Gasteiger partial charge in [0.15, 0.2) is 5.16 Å². The van der Waals surface area contributed by atoms with E-state index in [9.17, 15) is 9.59 Å². The van der Waals surface area contributed by atoms with Crippen molar-refractivity contribution in [2.45, 2.75) is 60.7 Å². The van der Waals surface area contributed by atoms with Crippen molar-refractivity contribution in [3.05, 3.63) is 16.0 Å². The van der Waals surface area contributed by atoms with Crippen LogP contribution in [0, 0.1) is 0 Å². The molecule has 21 heavy (non-hydrogen) atoms. The first kappa shape index (κ1) is 16.4. The number of rotatable bonds is 5. The zero-order valence-electron chi connectivity index (χ0n) is 12.7. The minimum Gasteiger partial charge on any atom is -0.468 e. The molecule has 0 amide bonds. The second-order valence-electron chi connectivity index (χ2n) is 4.89. The normalized spacial score (nSPS) is 18.4. The van der Waals surface area contributed by atoms with Crippen molar-refractivity contribution in [2.75, 3.05) is 7.11 Å². The summed E-state index contributed by atoms with van der Waals surface area (Å²) < 4.78 is 6.46. The summed E-state index contributed by atoms with van der Waals surface area (Å²) in [6, 6.07) is 0. The standard InChI is InChI=1S/C14H20N2O3S2/c1-5-10(13(18)19-4)21-14-15-9-7-8(3)20-11(9)12(17)16(14)6-2/h8,10H,5-7H2,1-4H3/t8-,10+/m0/s1. The highest BCUT2D eigenvalue weighted by Crippen LogP contribution is 2.35. The van der Waals surface area contributed by atoms with Crippen LogP contribution in [0.2, 0.25) is 0 Å². The van der Waals surface area contributed by atoms with E-state index < -0.39 is 0 Å². The summed E-state index contributed by atoms with van der Waals surface area (Å²) in [6.07, 6.45) is 1.45. The maximum Gasteiger partial charge on any atom is 0.319 e. The van der Waals surface area contributed by atoms with Gasteiger partial charge in [0.25, 0.3) is 5.56 Å². The number of nitrogens with zero attached hydrogens (tertiary/aromatic N) is 2. The Labute approximate surface area is 132 Å². The van der Waals surface area contributed by atoms with Gasteiger partial charge in [0, 0.05) is 18.2 Å². The van der Waals surface area contributed by atoms with E-state index in [2.05, 4.69) is 11.9 Å². The highest BCUT2D eigenvalue weighted by atomic mass is 32.2. The molecule has 0 unspecified atom stereocenters. The van der Waals surface area contributed by atoms with E-state index in [-0.39, 0.29) is 16.8 Å². The van der Waals surface area contributed by atoms with E-state index in [1.54, 1.807) is 16.3 Å². The van der Waals surface area contributed by atoms with Crippen molar-refractivity contribution in [2.24, 2.45) is 0 Å². The number of hydrogen-bond acceptors (Lipinski definition) is 6. The van der Waals surface area contributed by atoms with Crippen molar-refractivity contribution < 1.29 is 9.53 Å². The van der Waals surface area contributed by atoms with Crippen molar-refractivity contribution in [1.29, 1.82) is 0 Å². The van der Waals surface area contributed by atoms with Crippen LogP contribution in [0.4, 0.5) is 0 Å². The highest BCUT2D eigenvalue weighted by Gasteiger charge is 2.28. The Hall–Kier alpha value is -0.950. The third-order valence-electron chi connectivity index (χ3n) is 3.36. The Morgan fingerprint density at radius 3 is 2.86 bits per heavy atom. The predicted molar refractivity (Wildman–Crippen MR) is 85.1 cm³/mol. The Kier molecular flexibility index (Phi) is 5.37. The number of fused-ring (bicyclic) bond motifs is 1. The molecule has 7 heteroatoms. The maximum absolute atomic E-state index is 12.5. The summed E-state index contributed by atoms with van der Waals surface area (Å²) in [7, 11) is 1.38. The van der Waals surface area contributed by atoms with Crippen LogP contribution in [-0.4, -0.2) is 33.1 Å². The monoisotopic (exact) mass is 328 g/mol. The van der Waals surface area contributed by atoms with Gasteiger partial charge in [-0.15, -0.1) is 11.8 Å². The first-order valence-electron chi connectivity index (χ1n) is 7.06. The van der Waals surface area contributed by atoms with E-state index in [0.717, 1.165) is 17.0 Å². The first-order valence-corrected chi connectivity index (χ1v) is 8.82. The SMILES string of the molecule is CC[C@@H](Sc1nc2c(c(=O)n1CC)S[C@@H](C)C2)C(=O)OC. The van der Waals surface area contributed by atoms with Crippen molar-refractivity contribution in [3.63, 3.8) is 0 Å². The summed E-state index contributed by atoms with van der Waals surface area (Å²) in [5, 5.41) is 0.672. The number of esters is 1. The Balaban J connectivity index is 2.40. The summed E-state index contributed by atoms with van der Waals surface area (Å²) >= 11 is 2.92. The second-order valence-corrected chi connectivity index (χ2v) is 7.51. The van der Waals surface area contributed by atoms with Crippen LogP contribution in [0.25, 0.3) is 0 Å². The molecule has 1 aliphatic heterocycles. The van der Waals surface area contributed by atoms with Gasteiger partial charge in [0.1, 0.15) is 5.25 Å². The quantitative estimate of drug-likeness (QED) is 0.470. The number of thioether (sulfide) groups is 2. The molecule has 0 aromatic carbocycles. The summed E-state index contributed by atoms with van der Waals surface area (Å²) in [5.41, 5.74) is 0.878. The van der Waals surface area contributed by atoms with Crippen LogP contribution in [-0.2, 0) is 22.5 Å².